The first kappa shape index (κ1) is 72.2. The molecule has 0 aromatic rings. The first-order valence-corrected chi connectivity index (χ1v) is 30.5. The van der Waals surface area contributed by atoms with E-state index in [9.17, 15) is 112 Å². The van der Waals surface area contributed by atoms with Crippen LogP contribution >= 0.6 is 23.5 Å². The highest BCUT2D eigenvalue weighted by molar-refractivity contribution is 7.99. The lowest BCUT2D eigenvalue weighted by Gasteiger charge is -2.50. The molecule has 22 N–H and O–H groups in total. The predicted molar refractivity (Wildman–Crippen MR) is 280 cm³/mol. The topological polar surface area (TPSA) is 594 Å². The van der Waals surface area contributed by atoms with Crippen LogP contribution in [0.15, 0.2) is 0 Å². The molecular weight excluding hydrogens is 1240 g/mol. The Morgan fingerprint density at radius 2 is 0.625 bits per heavy atom. The van der Waals surface area contributed by atoms with Crippen LogP contribution in [-0.2, 0) is 75.9 Å². The van der Waals surface area contributed by atoms with Gasteiger partial charge in [-0.05, 0) is 0 Å². The molecule has 21 rings (SSSR count). The standard InChI is InChI=1S/C49H81NO36S2/c1-12(41(69)70)8-87-10-21-39-28(62)34(68)49(80-21)84-38-20(7-55)76-46(31(65)24(38)58)83-37-19(6-54)78-48(33(67)26(37)60)86-40-22(11-88-9-13(50)42(71)72)79-44(29(63)27(40)61)73-15-2-14(56)43(74-16(15)3-51)81-35-17(4-52)75-45(30(64)23(35)57)82-36-18(5-53)77-47(85-39)32(66)25(36)59/h12-40,43-49,51-68H,2-11,50H2,1H3,(H,69,70)(H,71,72)/t12-,13-,14+,15+,16?,17?,18?,19?,20?,21?,22?,23?,24?,25-,26?,27?,28-,29+,30+,31+,32?,33+,34?,35-,36-,37-,38-,39+,40-,43-,44-,45-,46+,47+,48+,49-/m1/s1. The quantitative estimate of drug-likeness (QED) is 0.0724. The predicted octanol–water partition coefficient (Wildman–Crippen LogP) is -12.6. The molecule has 0 aromatic carbocycles. The van der Waals surface area contributed by atoms with E-state index in [4.69, 9.17) is 72.0 Å². The van der Waals surface area contributed by atoms with E-state index in [1.165, 1.54) is 6.92 Å². The minimum absolute atomic E-state index is 0.0859. The van der Waals surface area contributed by atoms with Gasteiger partial charge < -0.3 is 174 Å². The third-order valence-electron chi connectivity index (χ3n) is 16.3. The highest BCUT2D eigenvalue weighted by atomic mass is 32.2. The molecule has 0 saturated carbocycles. The van der Waals surface area contributed by atoms with Gasteiger partial charge in [0, 0.05) is 29.4 Å². The van der Waals surface area contributed by atoms with Crippen molar-refractivity contribution in [3.8, 4) is 0 Å². The molecule has 0 aliphatic carbocycles. The highest BCUT2D eigenvalue weighted by Gasteiger charge is 2.59. The van der Waals surface area contributed by atoms with Crippen LogP contribution in [0.4, 0.5) is 0 Å². The number of aliphatic hydroxyl groups excluding tert-OH is 18. The zero-order chi connectivity index (χ0) is 64.3. The van der Waals surface area contributed by atoms with Crippen molar-refractivity contribution in [1.29, 1.82) is 0 Å². The Labute approximate surface area is 508 Å². The van der Waals surface area contributed by atoms with E-state index in [1.807, 2.05) is 0 Å². The molecule has 14 bridgehead atoms. The maximum atomic E-state index is 11.7. The zero-order valence-electron chi connectivity index (χ0n) is 46.7. The van der Waals surface area contributed by atoms with Gasteiger partial charge in [0.2, 0.25) is 0 Å². The van der Waals surface area contributed by atoms with E-state index < -0.39 is 272 Å². The molecule has 36 atom stereocenters. The molecule has 21 saturated heterocycles. The lowest BCUT2D eigenvalue weighted by atomic mass is 9.95. The van der Waals surface area contributed by atoms with Gasteiger partial charge in [-0.15, -0.1) is 0 Å². The van der Waals surface area contributed by atoms with Crippen molar-refractivity contribution in [2.24, 2.45) is 11.7 Å². The van der Waals surface area contributed by atoms with Crippen molar-refractivity contribution >= 4 is 35.5 Å². The van der Waals surface area contributed by atoms with E-state index >= 15 is 0 Å². The molecular formula is C49H81NO36S2. The number of ether oxygens (including phenoxy) is 14. The number of aliphatic hydroxyl groups is 18. The largest absolute Gasteiger partial charge is 0.481 e. The van der Waals surface area contributed by atoms with Gasteiger partial charge in [-0.3, -0.25) is 9.59 Å². The number of nitrogens with two attached hydrogens (primary N) is 1. The van der Waals surface area contributed by atoms with Crippen LogP contribution in [0.5, 0.6) is 0 Å². The normalized spacial score (nSPS) is 49.7. The summed E-state index contributed by atoms with van der Waals surface area (Å²) in [5.74, 6) is -4.52. The summed E-state index contributed by atoms with van der Waals surface area (Å²) < 4.78 is 82.4. The first-order valence-electron chi connectivity index (χ1n) is 28.2. The van der Waals surface area contributed by atoms with Crippen molar-refractivity contribution in [2.45, 2.75) is 228 Å². The number of aliphatic carboxylic acids is 2. The van der Waals surface area contributed by atoms with Crippen LogP contribution in [0.25, 0.3) is 0 Å². The second-order valence-corrected chi connectivity index (χ2v) is 24.6. The Morgan fingerprint density at radius 1 is 0.364 bits per heavy atom. The summed E-state index contributed by atoms with van der Waals surface area (Å²) >= 11 is 1.78. The minimum Gasteiger partial charge on any atom is -0.481 e. The Balaban J connectivity index is 1.10. The van der Waals surface area contributed by atoms with Crippen LogP contribution < -0.4 is 5.73 Å². The number of thioether (sulfide) groups is 2. The summed E-state index contributed by atoms with van der Waals surface area (Å²) in [6.07, 6.45) is -66.3. The maximum absolute atomic E-state index is 11.7. The first-order chi connectivity index (χ1) is 41.8. The summed E-state index contributed by atoms with van der Waals surface area (Å²) in [6.45, 7) is -3.70. The maximum Gasteiger partial charge on any atom is 0.321 e. The van der Waals surface area contributed by atoms with Crippen molar-refractivity contribution < 1.29 is 178 Å². The van der Waals surface area contributed by atoms with Gasteiger partial charge in [0.1, 0.15) is 153 Å². The van der Waals surface area contributed by atoms with Crippen molar-refractivity contribution in [3.05, 3.63) is 0 Å². The van der Waals surface area contributed by atoms with Gasteiger partial charge in [-0.1, -0.05) is 6.92 Å². The van der Waals surface area contributed by atoms with Gasteiger partial charge in [0.15, 0.2) is 44.0 Å². The molecule has 21 fully saturated rings. The second kappa shape index (κ2) is 31.7. The fraction of sp³-hybridized carbons (Fsp3) is 0.959. The minimum atomic E-state index is -2.23. The molecule has 21 aliphatic heterocycles. The number of carbonyl (C=O) groups is 2. The molecule has 21 heterocycles. The second-order valence-electron chi connectivity index (χ2n) is 22.4. The Bertz CT molecular complexity index is 2190. The van der Waals surface area contributed by atoms with Gasteiger partial charge in [-0.25, -0.2) is 0 Å². The SMILES string of the molecule is C[C@H](CSCC1O[C@@H]2O[C@@H]3C(CO)O[C@@H](O[C@@H]4C(CO)O[C@@H](O[C@@H]5C(CSC[C@@H](N)C(=O)O)O[C@@H](O[C@H]6C[C@H](O)[C@H](OC6CO)O[C@@H]6C(CO)O[C@H](O[C@@H]7C(CO)O[C@@H](O[C@@H]1[C@H](O)C2O)C(O)[C@H]7O)[C@@H](O)C6O)[C@@H](O)C5O)[C@@H](O)C4O)[C@@H](O)C3O)C(=O)O. The number of carboxylic acid groups (broad SMARTS) is 2. The van der Waals surface area contributed by atoms with Crippen LogP contribution in [0.1, 0.15) is 13.3 Å². The summed E-state index contributed by atoms with van der Waals surface area (Å²) in [6, 6.07) is -1.43. The summed E-state index contributed by atoms with van der Waals surface area (Å²) in [5, 5.41) is 222. The Morgan fingerprint density at radius 3 is 0.920 bits per heavy atom. The lowest BCUT2D eigenvalue weighted by Crippen LogP contribution is -2.68. The molecule has 0 aromatic heterocycles. The van der Waals surface area contributed by atoms with Gasteiger partial charge in [0.25, 0.3) is 0 Å². The molecule has 39 heteroatoms. The summed E-state index contributed by atoms with van der Waals surface area (Å²) in [7, 11) is 0. The average molecular weight is 1320 g/mol. The van der Waals surface area contributed by atoms with Crippen LogP contribution in [0.3, 0.4) is 0 Å². The molecule has 0 amide bonds. The van der Waals surface area contributed by atoms with E-state index in [2.05, 4.69) is 0 Å². The van der Waals surface area contributed by atoms with E-state index in [0.717, 1.165) is 23.5 Å². The third-order valence-corrected chi connectivity index (χ3v) is 18.7. The van der Waals surface area contributed by atoms with Crippen LogP contribution in [0, 0.1) is 5.92 Å². The molecule has 37 nitrogen and oxygen atoms in total. The van der Waals surface area contributed by atoms with Crippen LogP contribution in [-0.4, -0.2) is 385 Å². The van der Waals surface area contributed by atoms with Crippen molar-refractivity contribution in [3.63, 3.8) is 0 Å². The fourth-order valence-corrected chi connectivity index (χ4v) is 13.3. The smallest absolute Gasteiger partial charge is 0.321 e. The summed E-state index contributed by atoms with van der Waals surface area (Å²) in [4.78, 5) is 23.3. The zero-order valence-corrected chi connectivity index (χ0v) is 48.4. The number of carboxylic acids is 2. The molecule has 88 heavy (non-hydrogen) atoms. The molecule has 510 valence electrons. The van der Waals surface area contributed by atoms with Crippen LogP contribution in [0.2, 0.25) is 0 Å². The molecule has 0 spiro atoms. The van der Waals surface area contributed by atoms with E-state index in [0.29, 0.717) is 0 Å². The third kappa shape index (κ3) is 15.8. The number of hydrogen-bond acceptors (Lipinski definition) is 37. The lowest BCUT2D eigenvalue weighted by molar-refractivity contribution is -0.394. The number of rotatable bonds is 15. The van der Waals surface area contributed by atoms with E-state index in [-0.39, 0.29) is 23.0 Å². The van der Waals surface area contributed by atoms with E-state index in [1.54, 1.807) is 0 Å². The average Bonchev–Trinajstić information content (AvgIpc) is 1.98. The number of hydrogen-bond donors (Lipinski definition) is 21. The monoisotopic (exact) mass is 1320 g/mol. The molecule has 13 unspecified atom stereocenters. The van der Waals surface area contributed by atoms with Gasteiger partial charge in [0.05, 0.1) is 57.3 Å². The Hall–Kier alpha value is -1.68. The highest BCUT2D eigenvalue weighted by Crippen LogP contribution is 2.40. The van der Waals surface area contributed by atoms with Crippen molar-refractivity contribution in [2.75, 3.05) is 56.0 Å². The van der Waals surface area contributed by atoms with Crippen molar-refractivity contribution in [1.82, 2.24) is 0 Å². The summed E-state index contributed by atoms with van der Waals surface area (Å²) in [5.41, 5.74) is 5.72. The molecule has 0 radical (unpaired) electrons. The molecule has 21 aliphatic rings. The van der Waals surface area contributed by atoms with Gasteiger partial charge in [-0.2, -0.15) is 23.5 Å². The van der Waals surface area contributed by atoms with Gasteiger partial charge >= 0.3 is 11.9 Å². The fourth-order valence-electron chi connectivity index (χ4n) is 11.2. The Kier molecular flexibility index (Phi) is 26.0.